The van der Waals surface area contributed by atoms with Gasteiger partial charge in [-0.3, -0.25) is 9.88 Å². The van der Waals surface area contributed by atoms with Crippen molar-refractivity contribution in [3.8, 4) is 0 Å². The maximum absolute atomic E-state index is 5.53. The molecule has 4 heterocycles. The van der Waals surface area contributed by atoms with E-state index in [0.29, 0.717) is 11.5 Å². The molecule has 0 aromatic carbocycles. The first-order valence-electron chi connectivity index (χ1n) is 9.43. The van der Waals surface area contributed by atoms with Gasteiger partial charge in [0.1, 0.15) is 0 Å². The molecule has 0 aliphatic carbocycles. The summed E-state index contributed by atoms with van der Waals surface area (Å²) in [6.07, 6.45) is 9.10. The Morgan fingerprint density at radius 2 is 1.85 bits per heavy atom. The van der Waals surface area contributed by atoms with E-state index in [2.05, 4.69) is 36.9 Å². The molecule has 138 valence electrons. The molecule has 1 atom stereocenters. The van der Waals surface area contributed by atoms with Gasteiger partial charge in [-0.25, -0.2) is 9.97 Å². The van der Waals surface area contributed by atoms with Gasteiger partial charge in [0.15, 0.2) is 0 Å². The highest BCUT2D eigenvalue weighted by molar-refractivity contribution is 5.29. The van der Waals surface area contributed by atoms with Crippen LogP contribution in [-0.2, 0) is 11.3 Å². The molecule has 2 aromatic heterocycles. The lowest BCUT2D eigenvalue weighted by Crippen LogP contribution is -2.42. The first-order chi connectivity index (χ1) is 12.8. The summed E-state index contributed by atoms with van der Waals surface area (Å²) in [5.74, 6) is 0.860. The lowest BCUT2D eigenvalue weighted by atomic mass is 9.76. The molecule has 2 saturated heterocycles. The summed E-state index contributed by atoms with van der Waals surface area (Å²) < 4.78 is 5.53. The quantitative estimate of drug-likeness (QED) is 0.823. The highest BCUT2D eigenvalue weighted by Gasteiger charge is 2.45. The van der Waals surface area contributed by atoms with Crippen molar-refractivity contribution in [3.05, 3.63) is 48.5 Å². The van der Waals surface area contributed by atoms with E-state index in [1.54, 1.807) is 7.11 Å². The maximum atomic E-state index is 5.53. The molecule has 0 radical (unpaired) electrons. The third-order valence-electron chi connectivity index (χ3n) is 5.83. The maximum Gasteiger partial charge on any atom is 0.225 e. The van der Waals surface area contributed by atoms with Crippen molar-refractivity contribution < 1.29 is 4.74 Å². The first kappa shape index (κ1) is 17.4. The predicted molar refractivity (Wildman–Crippen MR) is 101 cm³/mol. The standard InChI is InChI=1S/C20H27N5O/c1-26-15-18-13-20(16-25(18)14-17-5-2-3-8-21-17)6-11-24(12-7-20)19-22-9-4-10-23-19/h2-5,8-10,18H,6-7,11-16H2,1H3. The Bertz CT molecular complexity index is 688. The molecule has 0 saturated carbocycles. The smallest absolute Gasteiger partial charge is 0.225 e. The molecule has 0 amide bonds. The summed E-state index contributed by atoms with van der Waals surface area (Å²) in [4.78, 5) is 18.2. The number of rotatable bonds is 5. The van der Waals surface area contributed by atoms with Crippen molar-refractivity contribution in [2.75, 3.05) is 38.3 Å². The third kappa shape index (κ3) is 3.71. The summed E-state index contributed by atoms with van der Waals surface area (Å²) in [5, 5.41) is 0. The highest BCUT2D eigenvalue weighted by Crippen LogP contribution is 2.44. The second kappa shape index (κ2) is 7.68. The zero-order valence-corrected chi connectivity index (χ0v) is 15.4. The van der Waals surface area contributed by atoms with Gasteiger partial charge in [0.25, 0.3) is 0 Å². The van der Waals surface area contributed by atoms with Crippen molar-refractivity contribution in [2.45, 2.75) is 31.8 Å². The monoisotopic (exact) mass is 353 g/mol. The summed E-state index contributed by atoms with van der Waals surface area (Å²) in [6.45, 7) is 4.88. The van der Waals surface area contributed by atoms with Crippen molar-refractivity contribution >= 4 is 5.95 Å². The van der Waals surface area contributed by atoms with Crippen LogP contribution < -0.4 is 4.90 Å². The topological polar surface area (TPSA) is 54.4 Å². The molecular weight excluding hydrogens is 326 g/mol. The number of piperidine rings is 1. The van der Waals surface area contributed by atoms with E-state index in [1.165, 1.54) is 19.3 Å². The summed E-state index contributed by atoms with van der Waals surface area (Å²) >= 11 is 0. The second-order valence-electron chi connectivity index (χ2n) is 7.58. The van der Waals surface area contributed by atoms with Gasteiger partial charge in [-0.2, -0.15) is 0 Å². The highest BCUT2D eigenvalue weighted by atomic mass is 16.5. The Kier molecular flexibility index (Phi) is 5.13. The van der Waals surface area contributed by atoms with Gasteiger partial charge < -0.3 is 9.64 Å². The van der Waals surface area contributed by atoms with Gasteiger partial charge in [-0.05, 0) is 42.9 Å². The van der Waals surface area contributed by atoms with Crippen molar-refractivity contribution in [3.63, 3.8) is 0 Å². The fraction of sp³-hybridized carbons (Fsp3) is 0.550. The van der Waals surface area contributed by atoms with E-state index in [4.69, 9.17) is 4.74 Å². The molecular formula is C20H27N5O. The summed E-state index contributed by atoms with van der Waals surface area (Å²) in [7, 11) is 1.80. The van der Waals surface area contributed by atoms with E-state index >= 15 is 0 Å². The number of hydrogen-bond donors (Lipinski definition) is 0. The lowest BCUT2D eigenvalue weighted by Gasteiger charge is -2.39. The predicted octanol–water partition coefficient (Wildman–Crippen LogP) is 2.38. The summed E-state index contributed by atoms with van der Waals surface area (Å²) in [6, 6.07) is 8.50. The minimum absolute atomic E-state index is 0.378. The van der Waals surface area contributed by atoms with Crippen LogP contribution in [0, 0.1) is 5.41 Å². The van der Waals surface area contributed by atoms with Crippen LogP contribution in [0.15, 0.2) is 42.9 Å². The minimum Gasteiger partial charge on any atom is -0.383 e. The van der Waals surface area contributed by atoms with Gasteiger partial charge in [-0.15, -0.1) is 0 Å². The van der Waals surface area contributed by atoms with Gasteiger partial charge in [0, 0.05) is 57.9 Å². The normalized spacial score (nSPS) is 22.8. The number of nitrogens with zero attached hydrogens (tertiary/aromatic N) is 5. The SMILES string of the molecule is COCC1CC2(CCN(c3ncccn3)CC2)CN1Cc1ccccn1. The molecule has 2 aromatic rings. The fourth-order valence-corrected chi connectivity index (χ4v) is 4.49. The van der Waals surface area contributed by atoms with Crippen LogP contribution in [0.5, 0.6) is 0 Å². The van der Waals surface area contributed by atoms with Crippen molar-refractivity contribution in [1.82, 2.24) is 19.9 Å². The largest absolute Gasteiger partial charge is 0.383 e. The van der Waals surface area contributed by atoms with Gasteiger partial charge >= 0.3 is 0 Å². The number of anilines is 1. The molecule has 1 spiro atoms. The van der Waals surface area contributed by atoms with Crippen LogP contribution in [0.1, 0.15) is 25.0 Å². The molecule has 0 N–H and O–H groups in total. The second-order valence-corrected chi connectivity index (χ2v) is 7.58. The Morgan fingerprint density at radius 1 is 1.08 bits per heavy atom. The Balaban J connectivity index is 1.43. The number of likely N-dealkylation sites (tertiary alicyclic amines) is 1. The molecule has 2 aliphatic heterocycles. The zero-order chi connectivity index (χ0) is 17.8. The Labute approximate surface area is 155 Å². The number of ether oxygens (including phenoxy) is 1. The van der Waals surface area contributed by atoms with E-state index in [0.717, 1.165) is 44.4 Å². The van der Waals surface area contributed by atoms with E-state index in [9.17, 15) is 0 Å². The van der Waals surface area contributed by atoms with Crippen LogP contribution in [-0.4, -0.2) is 59.2 Å². The van der Waals surface area contributed by atoms with Crippen molar-refractivity contribution in [2.24, 2.45) is 5.41 Å². The molecule has 4 rings (SSSR count). The summed E-state index contributed by atoms with van der Waals surface area (Å²) in [5.41, 5.74) is 1.52. The average Bonchev–Trinajstić information content (AvgIpc) is 3.01. The molecule has 6 nitrogen and oxygen atoms in total. The van der Waals surface area contributed by atoms with E-state index in [1.807, 2.05) is 30.7 Å². The van der Waals surface area contributed by atoms with Crippen LogP contribution in [0.2, 0.25) is 0 Å². The van der Waals surface area contributed by atoms with Gasteiger partial charge in [0.05, 0.1) is 12.3 Å². The number of aromatic nitrogens is 3. The van der Waals surface area contributed by atoms with Gasteiger partial charge in [0.2, 0.25) is 5.95 Å². The van der Waals surface area contributed by atoms with Crippen LogP contribution in [0.3, 0.4) is 0 Å². The molecule has 0 bridgehead atoms. The number of hydrogen-bond acceptors (Lipinski definition) is 6. The minimum atomic E-state index is 0.378. The molecule has 2 fully saturated rings. The van der Waals surface area contributed by atoms with Crippen molar-refractivity contribution in [1.29, 1.82) is 0 Å². The van der Waals surface area contributed by atoms with Crippen LogP contribution >= 0.6 is 0 Å². The van der Waals surface area contributed by atoms with Crippen LogP contribution in [0.25, 0.3) is 0 Å². The molecule has 26 heavy (non-hydrogen) atoms. The Hall–Kier alpha value is -2.05. The van der Waals surface area contributed by atoms with E-state index in [-0.39, 0.29) is 0 Å². The van der Waals surface area contributed by atoms with Gasteiger partial charge in [-0.1, -0.05) is 6.07 Å². The zero-order valence-electron chi connectivity index (χ0n) is 15.4. The van der Waals surface area contributed by atoms with Crippen LogP contribution in [0.4, 0.5) is 5.95 Å². The third-order valence-corrected chi connectivity index (χ3v) is 5.83. The molecule has 2 aliphatic rings. The Morgan fingerprint density at radius 3 is 2.54 bits per heavy atom. The number of methoxy groups -OCH3 is 1. The number of pyridine rings is 1. The molecule has 1 unspecified atom stereocenters. The lowest BCUT2D eigenvalue weighted by molar-refractivity contribution is 0.111. The fourth-order valence-electron chi connectivity index (χ4n) is 4.49. The molecule has 6 heteroatoms. The average molecular weight is 353 g/mol. The van der Waals surface area contributed by atoms with E-state index < -0.39 is 0 Å². The first-order valence-corrected chi connectivity index (χ1v) is 9.43.